The fourth-order valence-corrected chi connectivity index (χ4v) is 2.83. The van der Waals surface area contributed by atoms with Gasteiger partial charge in [0.15, 0.2) is 10.4 Å². The Morgan fingerprint density at radius 2 is 2.14 bits per heavy atom. The third-order valence-electron chi connectivity index (χ3n) is 2.57. The van der Waals surface area contributed by atoms with Crippen molar-refractivity contribution in [3.05, 3.63) is 29.3 Å². The minimum atomic E-state index is -0.590. The summed E-state index contributed by atoms with van der Waals surface area (Å²) in [4.78, 5) is 12.2. The number of aromatic nitrogens is 2. The molecule has 8 heteroatoms. The summed E-state index contributed by atoms with van der Waals surface area (Å²) in [7, 11) is 0. The summed E-state index contributed by atoms with van der Waals surface area (Å²) in [5.74, 6) is 0.361. The number of ether oxygens (including phenoxy) is 1. The molecule has 2 aromatic rings. The highest BCUT2D eigenvalue weighted by Crippen LogP contribution is 2.24. The van der Waals surface area contributed by atoms with Crippen molar-refractivity contribution in [3.63, 3.8) is 0 Å². The van der Waals surface area contributed by atoms with Crippen molar-refractivity contribution in [2.45, 2.75) is 23.8 Å². The van der Waals surface area contributed by atoms with Gasteiger partial charge < -0.3 is 4.74 Å². The van der Waals surface area contributed by atoms with Crippen LogP contribution in [0.25, 0.3) is 0 Å². The van der Waals surface area contributed by atoms with Crippen LogP contribution in [0.4, 0.5) is 5.13 Å². The number of anilines is 1. The normalized spacial score (nSPS) is 12.0. The van der Waals surface area contributed by atoms with Gasteiger partial charge in [-0.05, 0) is 36.9 Å². The molecule has 0 saturated heterocycles. The van der Waals surface area contributed by atoms with Crippen LogP contribution in [0.2, 0.25) is 5.02 Å². The number of nitrogens with one attached hydrogen (secondary N) is 1. The van der Waals surface area contributed by atoms with Crippen molar-refractivity contribution >= 4 is 45.7 Å². The number of hydrogen-bond acceptors (Lipinski definition) is 6. The standard InChI is InChI=1S/C13H14ClN3O2S2/c1-3-10(19-9-6-4-8(14)5-7-9)11(18)15-12-16-17-13(20-2)21-12/h4-7,10H,3H2,1-2H3,(H,15,16,18). The monoisotopic (exact) mass is 343 g/mol. The fraction of sp³-hybridized carbons (Fsp3) is 0.308. The first kappa shape index (κ1) is 16.1. The van der Waals surface area contributed by atoms with Gasteiger partial charge in [0.05, 0.1) is 0 Å². The number of nitrogens with zero attached hydrogens (tertiary/aromatic N) is 2. The van der Waals surface area contributed by atoms with Crippen molar-refractivity contribution in [2.24, 2.45) is 0 Å². The Hall–Kier alpha value is -1.31. The minimum Gasteiger partial charge on any atom is -0.481 e. The molecule has 1 N–H and O–H groups in total. The Labute approximate surface area is 136 Å². The van der Waals surface area contributed by atoms with Crippen LogP contribution in [-0.2, 0) is 4.79 Å². The molecule has 1 unspecified atom stereocenters. The number of benzene rings is 1. The van der Waals surface area contributed by atoms with Crippen molar-refractivity contribution in [3.8, 4) is 5.75 Å². The Morgan fingerprint density at radius 1 is 1.43 bits per heavy atom. The second-order valence-electron chi connectivity index (χ2n) is 4.04. The van der Waals surface area contributed by atoms with E-state index in [1.165, 1.54) is 23.1 Å². The van der Waals surface area contributed by atoms with E-state index in [-0.39, 0.29) is 5.91 Å². The predicted octanol–water partition coefficient (Wildman–Crippen LogP) is 3.71. The molecule has 1 heterocycles. The van der Waals surface area contributed by atoms with E-state index in [1.807, 2.05) is 13.2 Å². The number of thioether (sulfide) groups is 1. The van der Waals surface area contributed by atoms with Crippen LogP contribution in [0.15, 0.2) is 28.6 Å². The number of amides is 1. The molecule has 0 aliphatic rings. The van der Waals surface area contributed by atoms with Gasteiger partial charge in [-0.15, -0.1) is 10.2 Å². The summed E-state index contributed by atoms with van der Waals surface area (Å²) in [6.45, 7) is 1.88. The first-order valence-electron chi connectivity index (χ1n) is 6.23. The highest BCUT2D eigenvalue weighted by molar-refractivity contribution is 8.00. The maximum absolute atomic E-state index is 12.2. The molecule has 0 bridgehead atoms. The van der Waals surface area contributed by atoms with Crippen LogP contribution in [0.5, 0.6) is 5.75 Å². The summed E-state index contributed by atoms with van der Waals surface area (Å²) in [6, 6.07) is 6.90. The van der Waals surface area contributed by atoms with E-state index < -0.39 is 6.10 Å². The molecule has 1 aromatic carbocycles. The smallest absolute Gasteiger partial charge is 0.267 e. The van der Waals surface area contributed by atoms with Crippen LogP contribution in [0.1, 0.15) is 13.3 Å². The molecule has 0 fully saturated rings. The van der Waals surface area contributed by atoms with E-state index in [1.54, 1.807) is 24.3 Å². The maximum atomic E-state index is 12.2. The predicted molar refractivity (Wildman–Crippen MR) is 86.5 cm³/mol. The van der Waals surface area contributed by atoms with Crippen molar-refractivity contribution in [1.29, 1.82) is 0 Å². The second kappa shape index (κ2) is 7.63. The van der Waals surface area contributed by atoms with Crippen molar-refractivity contribution < 1.29 is 9.53 Å². The van der Waals surface area contributed by atoms with Gasteiger partial charge in [-0.25, -0.2) is 0 Å². The average molecular weight is 344 g/mol. The fourth-order valence-electron chi connectivity index (χ4n) is 1.53. The highest BCUT2D eigenvalue weighted by atomic mass is 35.5. The summed E-state index contributed by atoms with van der Waals surface area (Å²) >= 11 is 8.64. The van der Waals surface area contributed by atoms with Gasteiger partial charge in [0.1, 0.15) is 5.75 Å². The molecule has 0 radical (unpaired) electrons. The molecule has 1 aromatic heterocycles. The lowest BCUT2D eigenvalue weighted by Crippen LogP contribution is -2.32. The Balaban J connectivity index is 1.99. The number of hydrogen-bond donors (Lipinski definition) is 1. The molecule has 0 saturated carbocycles. The van der Waals surface area contributed by atoms with Gasteiger partial charge in [0.2, 0.25) is 5.13 Å². The minimum absolute atomic E-state index is 0.240. The number of halogens is 1. The lowest BCUT2D eigenvalue weighted by Gasteiger charge is -2.16. The number of rotatable bonds is 6. The van der Waals surface area contributed by atoms with Gasteiger partial charge >= 0.3 is 0 Å². The van der Waals surface area contributed by atoms with E-state index in [4.69, 9.17) is 16.3 Å². The maximum Gasteiger partial charge on any atom is 0.267 e. The van der Waals surface area contributed by atoms with Crippen LogP contribution in [-0.4, -0.2) is 28.5 Å². The molecule has 21 heavy (non-hydrogen) atoms. The summed E-state index contributed by atoms with van der Waals surface area (Å²) in [5.41, 5.74) is 0. The molecule has 5 nitrogen and oxygen atoms in total. The molecule has 2 rings (SSSR count). The van der Waals surface area contributed by atoms with E-state index in [2.05, 4.69) is 15.5 Å². The Morgan fingerprint density at radius 3 is 2.71 bits per heavy atom. The van der Waals surface area contributed by atoms with E-state index in [0.29, 0.717) is 22.3 Å². The molecular weight excluding hydrogens is 330 g/mol. The molecule has 0 aliphatic carbocycles. The lowest BCUT2D eigenvalue weighted by molar-refractivity contribution is -0.122. The Bertz CT molecular complexity index is 604. The zero-order chi connectivity index (χ0) is 15.2. The number of carbonyl (C=O) groups is 1. The molecule has 1 atom stereocenters. The van der Waals surface area contributed by atoms with Gasteiger partial charge in [-0.3, -0.25) is 10.1 Å². The molecular formula is C13H14ClN3O2S2. The average Bonchev–Trinajstić information content (AvgIpc) is 2.94. The third kappa shape index (κ3) is 4.59. The van der Waals surface area contributed by atoms with Gasteiger partial charge in [-0.2, -0.15) is 0 Å². The van der Waals surface area contributed by atoms with E-state index in [9.17, 15) is 4.79 Å². The van der Waals surface area contributed by atoms with Crippen LogP contribution >= 0.6 is 34.7 Å². The summed E-state index contributed by atoms with van der Waals surface area (Å²) in [5, 5.41) is 11.7. The summed E-state index contributed by atoms with van der Waals surface area (Å²) in [6.07, 6.45) is 1.86. The van der Waals surface area contributed by atoms with E-state index >= 15 is 0 Å². The number of carbonyl (C=O) groups excluding carboxylic acids is 1. The summed E-state index contributed by atoms with van der Waals surface area (Å²) < 4.78 is 6.47. The first-order chi connectivity index (χ1) is 10.1. The third-order valence-corrected chi connectivity index (χ3v) is 4.63. The molecule has 0 aliphatic heterocycles. The SMILES string of the molecule is CCC(Oc1ccc(Cl)cc1)C(=O)Nc1nnc(SC)s1. The van der Waals surface area contributed by atoms with Gasteiger partial charge in [0, 0.05) is 5.02 Å². The van der Waals surface area contributed by atoms with Crippen LogP contribution in [0.3, 0.4) is 0 Å². The van der Waals surface area contributed by atoms with Gasteiger partial charge in [0.25, 0.3) is 5.91 Å². The highest BCUT2D eigenvalue weighted by Gasteiger charge is 2.20. The zero-order valence-corrected chi connectivity index (χ0v) is 13.9. The van der Waals surface area contributed by atoms with E-state index in [0.717, 1.165) is 4.34 Å². The molecule has 1 amide bonds. The van der Waals surface area contributed by atoms with Crippen LogP contribution in [0, 0.1) is 0 Å². The largest absolute Gasteiger partial charge is 0.481 e. The Kier molecular flexibility index (Phi) is 5.84. The van der Waals surface area contributed by atoms with Crippen molar-refractivity contribution in [1.82, 2.24) is 10.2 Å². The quantitative estimate of drug-likeness (QED) is 0.640. The molecule has 112 valence electrons. The van der Waals surface area contributed by atoms with Crippen molar-refractivity contribution in [2.75, 3.05) is 11.6 Å². The van der Waals surface area contributed by atoms with Gasteiger partial charge in [-0.1, -0.05) is 41.6 Å². The topological polar surface area (TPSA) is 64.1 Å². The first-order valence-corrected chi connectivity index (χ1v) is 8.65. The lowest BCUT2D eigenvalue weighted by atomic mass is 10.2. The zero-order valence-electron chi connectivity index (χ0n) is 11.5. The second-order valence-corrected chi connectivity index (χ2v) is 6.50. The van der Waals surface area contributed by atoms with Crippen LogP contribution < -0.4 is 10.1 Å². The molecule has 0 spiro atoms.